The maximum Gasteiger partial charge on any atom is 0.263 e. The molecule has 1 aliphatic heterocycles. The van der Waals surface area contributed by atoms with Gasteiger partial charge in [-0.3, -0.25) is 9.36 Å². The minimum atomic E-state index is -0.520. The van der Waals surface area contributed by atoms with Crippen LogP contribution in [0.3, 0.4) is 0 Å². The van der Waals surface area contributed by atoms with Crippen LogP contribution in [0.5, 0.6) is 0 Å². The molecule has 34 heavy (non-hydrogen) atoms. The van der Waals surface area contributed by atoms with Crippen LogP contribution >= 0.6 is 11.6 Å². The van der Waals surface area contributed by atoms with Crippen molar-refractivity contribution in [2.75, 3.05) is 18.0 Å². The van der Waals surface area contributed by atoms with E-state index < -0.39 is 5.82 Å². The Morgan fingerprint density at radius 1 is 1.09 bits per heavy atom. The van der Waals surface area contributed by atoms with Crippen LogP contribution in [-0.4, -0.2) is 27.6 Å². The molecule has 1 unspecified atom stereocenters. The number of aromatic nitrogens is 3. The summed E-state index contributed by atoms with van der Waals surface area (Å²) in [6.07, 6.45) is 2.07. The third-order valence-electron chi connectivity index (χ3n) is 6.95. The SMILES string of the molecule is Cc1nc2cc(N3CCCC(C)(c4ccccc4)C3)nc(-c3ccc(Cl)cc3F)c2c(=O)n1C. The first kappa shape index (κ1) is 22.5. The molecular weight excluding hydrogens is 451 g/mol. The van der Waals surface area contributed by atoms with Gasteiger partial charge in [-0.1, -0.05) is 48.9 Å². The van der Waals surface area contributed by atoms with E-state index in [0.717, 1.165) is 25.9 Å². The number of anilines is 1. The lowest BCUT2D eigenvalue weighted by atomic mass is 9.76. The first-order chi connectivity index (χ1) is 16.3. The van der Waals surface area contributed by atoms with Crippen molar-refractivity contribution >= 4 is 28.3 Å². The molecule has 2 aromatic carbocycles. The maximum atomic E-state index is 15.0. The second-order valence-electron chi connectivity index (χ2n) is 9.32. The van der Waals surface area contributed by atoms with Crippen molar-refractivity contribution in [2.24, 2.45) is 7.05 Å². The van der Waals surface area contributed by atoms with Crippen LogP contribution in [0.4, 0.5) is 10.2 Å². The van der Waals surface area contributed by atoms with Crippen LogP contribution in [0.15, 0.2) is 59.4 Å². The lowest BCUT2D eigenvalue weighted by Gasteiger charge is -2.41. The van der Waals surface area contributed by atoms with Crippen LogP contribution in [-0.2, 0) is 12.5 Å². The third-order valence-corrected chi connectivity index (χ3v) is 7.18. The molecule has 4 aromatic rings. The summed E-state index contributed by atoms with van der Waals surface area (Å²) in [4.78, 5) is 25.0. The zero-order chi connectivity index (χ0) is 24.0. The molecule has 0 aliphatic carbocycles. The van der Waals surface area contributed by atoms with Crippen LogP contribution in [0.25, 0.3) is 22.2 Å². The molecule has 174 valence electrons. The highest BCUT2D eigenvalue weighted by atomic mass is 35.5. The van der Waals surface area contributed by atoms with Crippen molar-refractivity contribution in [2.45, 2.75) is 32.1 Å². The smallest absolute Gasteiger partial charge is 0.263 e. The van der Waals surface area contributed by atoms with Gasteiger partial charge >= 0.3 is 0 Å². The molecule has 0 saturated carbocycles. The lowest BCUT2D eigenvalue weighted by Crippen LogP contribution is -2.44. The zero-order valence-electron chi connectivity index (χ0n) is 19.5. The molecule has 1 atom stereocenters. The molecule has 0 bridgehead atoms. The number of hydrogen-bond acceptors (Lipinski definition) is 4. The van der Waals surface area contributed by atoms with Crippen LogP contribution < -0.4 is 10.5 Å². The van der Waals surface area contributed by atoms with Gasteiger partial charge in [0.1, 0.15) is 17.5 Å². The van der Waals surface area contributed by atoms with Crippen molar-refractivity contribution in [1.29, 1.82) is 0 Å². The van der Waals surface area contributed by atoms with Gasteiger partial charge in [-0.05, 0) is 43.5 Å². The topological polar surface area (TPSA) is 51.0 Å². The molecule has 1 saturated heterocycles. The van der Waals surface area contributed by atoms with Crippen LogP contribution in [0, 0.1) is 12.7 Å². The van der Waals surface area contributed by atoms with Gasteiger partial charge in [0.2, 0.25) is 0 Å². The first-order valence-electron chi connectivity index (χ1n) is 11.4. The van der Waals surface area contributed by atoms with Crippen molar-refractivity contribution in [3.63, 3.8) is 0 Å². The number of fused-ring (bicyclic) bond motifs is 1. The Hall–Kier alpha value is -3.25. The van der Waals surface area contributed by atoms with Gasteiger partial charge in [0.05, 0.1) is 16.6 Å². The highest BCUT2D eigenvalue weighted by Gasteiger charge is 2.33. The third kappa shape index (κ3) is 3.86. The molecule has 3 heterocycles. The number of hydrogen-bond donors (Lipinski definition) is 0. The fourth-order valence-electron chi connectivity index (χ4n) is 4.93. The number of pyridine rings is 1. The number of benzene rings is 2. The number of halogens is 2. The summed E-state index contributed by atoms with van der Waals surface area (Å²) >= 11 is 6.00. The maximum absolute atomic E-state index is 15.0. The lowest BCUT2D eigenvalue weighted by molar-refractivity contribution is 0.372. The summed E-state index contributed by atoms with van der Waals surface area (Å²) in [5, 5.41) is 0.596. The van der Waals surface area contributed by atoms with Crippen LogP contribution in [0.1, 0.15) is 31.2 Å². The van der Waals surface area contributed by atoms with Gasteiger partial charge in [-0.25, -0.2) is 14.4 Å². The Kier molecular flexibility index (Phi) is 5.64. The van der Waals surface area contributed by atoms with E-state index in [0.29, 0.717) is 33.3 Å². The van der Waals surface area contributed by atoms with Gasteiger partial charge in [-0.2, -0.15) is 0 Å². The van der Waals surface area contributed by atoms with Gasteiger partial charge in [0, 0.05) is 42.2 Å². The Labute approximate surface area is 202 Å². The molecule has 0 radical (unpaired) electrons. The average molecular weight is 477 g/mol. The molecule has 0 spiro atoms. The van der Waals surface area contributed by atoms with E-state index in [9.17, 15) is 4.79 Å². The molecule has 2 aromatic heterocycles. The highest BCUT2D eigenvalue weighted by Crippen LogP contribution is 2.37. The zero-order valence-corrected chi connectivity index (χ0v) is 20.2. The fourth-order valence-corrected chi connectivity index (χ4v) is 5.09. The van der Waals surface area contributed by atoms with Crippen molar-refractivity contribution in [1.82, 2.24) is 14.5 Å². The van der Waals surface area contributed by atoms with Gasteiger partial charge in [0.25, 0.3) is 5.56 Å². The van der Waals surface area contributed by atoms with Gasteiger partial charge in [-0.15, -0.1) is 0 Å². The van der Waals surface area contributed by atoms with E-state index in [-0.39, 0.29) is 16.5 Å². The van der Waals surface area contributed by atoms with Gasteiger partial charge in [0.15, 0.2) is 0 Å². The van der Waals surface area contributed by atoms with E-state index in [4.69, 9.17) is 16.6 Å². The fraction of sp³-hybridized carbons (Fsp3) is 0.296. The van der Waals surface area contributed by atoms with E-state index in [1.54, 1.807) is 26.1 Å². The summed E-state index contributed by atoms with van der Waals surface area (Å²) in [7, 11) is 1.66. The second kappa shape index (κ2) is 8.51. The summed E-state index contributed by atoms with van der Waals surface area (Å²) in [6.45, 7) is 5.65. The first-order valence-corrected chi connectivity index (χ1v) is 11.8. The minimum Gasteiger partial charge on any atom is -0.356 e. The quantitative estimate of drug-likeness (QED) is 0.383. The summed E-state index contributed by atoms with van der Waals surface area (Å²) in [5.74, 6) is 0.762. The summed E-state index contributed by atoms with van der Waals surface area (Å²) < 4.78 is 16.5. The van der Waals surface area contributed by atoms with E-state index >= 15 is 4.39 Å². The molecule has 1 fully saturated rings. The number of piperidine rings is 1. The molecule has 0 amide bonds. The molecular formula is C27H26ClFN4O. The Morgan fingerprint density at radius 3 is 2.59 bits per heavy atom. The Morgan fingerprint density at radius 2 is 1.85 bits per heavy atom. The molecule has 0 N–H and O–H groups in total. The highest BCUT2D eigenvalue weighted by molar-refractivity contribution is 6.30. The van der Waals surface area contributed by atoms with E-state index in [1.165, 1.54) is 16.2 Å². The van der Waals surface area contributed by atoms with E-state index in [2.05, 4.69) is 41.1 Å². The Bertz CT molecular complexity index is 1450. The largest absolute Gasteiger partial charge is 0.356 e. The number of rotatable bonds is 3. The number of aryl methyl sites for hydroxylation is 1. The molecule has 7 heteroatoms. The number of nitrogens with zero attached hydrogens (tertiary/aromatic N) is 4. The van der Waals surface area contributed by atoms with Crippen molar-refractivity contribution in [3.05, 3.63) is 87.2 Å². The molecule has 1 aliphatic rings. The average Bonchev–Trinajstić information content (AvgIpc) is 2.82. The second-order valence-corrected chi connectivity index (χ2v) is 9.76. The molecule has 5 rings (SSSR count). The predicted molar refractivity (Wildman–Crippen MR) is 135 cm³/mol. The predicted octanol–water partition coefficient (Wildman–Crippen LogP) is 5.65. The Balaban J connectivity index is 1.70. The van der Waals surface area contributed by atoms with Crippen molar-refractivity contribution < 1.29 is 4.39 Å². The molecule has 5 nitrogen and oxygen atoms in total. The summed E-state index contributed by atoms with van der Waals surface area (Å²) in [6, 6.07) is 16.8. The monoisotopic (exact) mass is 476 g/mol. The van der Waals surface area contributed by atoms with Crippen molar-refractivity contribution in [3.8, 4) is 11.3 Å². The normalized spacial score (nSPS) is 18.4. The minimum absolute atomic E-state index is 0.0437. The standard InChI is InChI=1S/C27H26ClFN4O/c1-17-30-22-15-23(33-13-7-12-27(2,16-33)18-8-5-4-6-9-18)31-25(24(22)26(34)32(17)3)20-11-10-19(28)14-21(20)29/h4-6,8-11,14-15H,7,12-13,16H2,1-3H3. The van der Waals surface area contributed by atoms with Gasteiger partial charge < -0.3 is 4.90 Å². The van der Waals surface area contributed by atoms with E-state index in [1.807, 2.05) is 12.1 Å². The van der Waals surface area contributed by atoms with Crippen LogP contribution in [0.2, 0.25) is 5.02 Å². The summed E-state index contributed by atoms with van der Waals surface area (Å²) in [5.41, 5.74) is 2.04.